The van der Waals surface area contributed by atoms with E-state index < -0.39 is 11.8 Å². The Kier molecular flexibility index (Phi) is 5.97. The highest BCUT2D eigenvalue weighted by molar-refractivity contribution is 6.29. The lowest BCUT2D eigenvalue weighted by Gasteiger charge is -2.11. The highest BCUT2D eigenvalue weighted by Crippen LogP contribution is 2.27. The summed E-state index contributed by atoms with van der Waals surface area (Å²) >= 11 is 5.65. The molecule has 0 saturated carbocycles. The Morgan fingerprint density at radius 3 is 2.33 bits per heavy atom. The highest BCUT2D eigenvalue weighted by atomic mass is 35.5. The van der Waals surface area contributed by atoms with Crippen LogP contribution in [0.2, 0.25) is 5.15 Å². The third-order valence-electron chi connectivity index (χ3n) is 3.00. The topological polar surface area (TPSA) is 89.6 Å². The van der Waals surface area contributed by atoms with Gasteiger partial charge in [-0.3, -0.25) is 20.4 Å². The molecule has 1 heterocycles. The minimum atomic E-state index is -0.509. The summed E-state index contributed by atoms with van der Waals surface area (Å²) in [7, 11) is 1.48. The second-order valence-corrected chi connectivity index (χ2v) is 4.96. The van der Waals surface area contributed by atoms with Crippen molar-refractivity contribution < 1.29 is 19.1 Å². The number of nitrogens with zero attached hydrogens (tertiary/aromatic N) is 1. The molecule has 2 aromatic rings. The number of rotatable bonds is 5. The van der Waals surface area contributed by atoms with Gasteiger partial charge in [0.1, 0.15) is 5.15 Å². The highest BCUT2D eigenvalue weighted by Gasteiger charge is 2.12. The van der Waals surface area contributed by atoms with Gasteiger partial charge in [0.2, 0.25) is 0 Å². The molecule has 7 nitrogen and oxygen atoms in total. The minimum Gasteiger partial charge on any atom is -0.493 e. The van der Waals surface area contributed by atoms with Crippen LogP contribution in [0.25, 0.3) is 0 Å². The lowest BCUT2D eigenvalue weighted by molar-refractivity contribution is 0.0846. The van der Waals surface area contributed by atoms with Gasteiger partial charge in [-0.05, 0) is 37.3 Å². The third kappa shape index (κ3) is 4.36. The zero-order valence-electron chi connectivity index (χ0n) is 13.1. The summed E-state index contributed by atoms with van der Waals surface area (Å²) in [6.45, 7) is 2.33. The number of amides is 2. The van der Waals surface area contributed by atoms with Crippen LogP contribution in [0.1, 0.15) is 27.6 Å². The molecule has 1 aromatic heterocycles. The fourth-order valence-corrected chi connectivity index (χ4v) is 1.96. The average molecular weight is 350 g/mol. The van der Waals surface area contributed by atoms with Crippen molar-refractivity contribution in [1.82, 2.24) is 15.8 Å². The van der Waals surface area contributed by atoms with E-state index in [2.05, 4.69) is 15.8 Å². The van der Waals surface area contributed by atoms with Crippen LogP contribution in [0.15, 0.2) is 36.5 Å². The quantitative estimate of drug-likeness (QED) is 0.638. The van der Waals surface area contributed by atoms with Gasteiger partial charge in [-0.15, -0.1) is 0 Å². The molecule has 2 rings (SSSR count). The van der Waals surface area contributed by atoms with E-state index in [4.69, 9.17) is 21.1 Å². The maximum atomic E-state index is 12.1. The summed E-state index contributed by atoms with van der Waals surface area (Å²) in [6, 6.07) is 7.70. The van der Waals surface area contributed by atoms with Crippen LogP contribution in [0.3, 0.4) is 0 Å². The first kappa shape index (κ1) is 17.6. The Hall–Kier alpha value is -2.80. The molecule has 0 fully saturated rings. The van der Waals surface area contributed by atoms with Gasteiger partial charge in [-0.25, -0.2) is 4.98 Å². The summed E-state index contributed by atoms with van der Waals surface area (Å²) in [5, 5.41) is 0.275. The van der Waals surface area contributed by atoms with E-state index in [0.29, 0.717) is 23.7 Å². The van der Waals surface area contributed by atoms with Crippen molar-refractivity contribution in [2.24, 2.45) is 0 Å². The number of hydrogen-bond acceptors (Lipinski definition) is 5. The van der Waals surface area contributed by atoms with E-state index in [1.54, 1.807) is 12.1 Å². The van der Waals surface area contributed by atoms with Crippen LogP contribution < -0.4 is 20.3 Å². The van der Waals surface area contributed by atoms with E-state index in [1.165, 1.54) is 31.5 Å². The molecular formula is C16H16ClN3O4. The van der Waals surface area contributed by atoms with Crippen LogP contribution >= 0.6 is 11.6 Å². The minimum absolute atomic E-state index is 0.268. The Balaban J connectivity index is 2.01. The summed E-state index contributed by atoms with van der Waals surface area (Å²) in [5.41, 5.74) is 5.20. The van der Waals surface area contributed by atoms with Crippen molar-refractivity contribution in [3.63, 3.8) is 0 Å². The average Bonchev–Trinajstić information content (AvgIpc) is 2.60. The molecular weight excluding hydrogens is 334 g/mol. The number of carbonyl (C=O) groups excluding carboxylic acids is 2. The lowest BCUT2D eigenvalue weighted by atomic mass is 10.2. The van der Waals surface area contributed by atoms with Gasteiger partial charge in [0.25, 0.3) is 11.8 Å². The number of hydrogen-bond donors (Lipinski definition) is 2. The molecule has 2 N–H and O–H groups in total. The lowest BCUT2D eigenvalue weighted by Crippen LogP contribution is -2.41. The van der Waals surface area contributed by atoms with E-state index in [0.717, 1.165) is 0 Å². The molecule has 0 atom stereocenters. The first-order valence-electron chi connectivity index (χ1n) is 7.08. The molecule has 126 valence electrons. The Labute approximate surface area is 143 Å². The molecule has 0 bridgehead atoms. The zero-order chi connectivity index (χ0) is 17.5. The Morgan fingerprint density at radius 1 is 1.08 bits per heavy atom. The molecule has 24 heavy (non-hydrogen) atoms. The second kappa shape index (κ2) is 8.16. The summed E-state index contributed by atoms with van der Waals surface area (Å²) in [4.78, 5) is 27.8. The smallest absolute Gasteiger partial charge is 0.271 e. The van der Waals surface area contributed by atoms with Gasteiger partial charge in [0.05, 0.1) is 19.3 Å². The number of halogens is 1. The largest absolute Gasteiger partial charge is 0.493 e. The molecule has 0 radical (unpaired) electrons. The molecule has 0 aliphatic rings. The predicted octanol–water partition coefficient (Wildman–Crippen LogP) is 2.22. The number of hydrazine groups is 1. The first-order valence-corrected chi connectivity index (χ1v) is 7.46. The number of pyridine rings is 1. The van der Waals surface area contributed by atoms with Gasteiger partial charge in [0.15, 0.2) is 11.5 Å². The monoisotopic (exact) mass is 349 g/mol. The molecule has 0 unspecified atom stereocenters. The number of methoxy groups -OCH3 is 1. The normalized spacial score (nSPS) is 9.96. The molecule has 0 aliphatic heterocycles. The molecule has 0 aliphatic carbocycles. The molecule has 1 aromatic carbocycles. The van der Waals surface area contributed by atoms with Crippen LogP contribution in [-0.2, 0) is 0 Å². The van der Waals surface area contributed by atoms with Gasteiger partial charge in [0, 0.05) is 11.8 Å². The van der Waals surface area contributed by atoms with Gasteiger partial charge in [-0.1, -0.05) is 11.6 Å². The van der Waals surface area contributed by atoms with Gasteiger partial charge < -0.3 is 9.47 Å². The van der Waals surface area contributed by atoms with Crippen molar-refractivity contribution in [1.29, 1.82) is 0 Å². The van der Waals surface area contributed by atoms with Crippen molar-refractivity contribution >= 4 is 23.4 Å². The SMILES string of the molecule is CCOc1ccc(C(=O)NNC(=O)c2ccc(Cl)nc2)cc1OC. The van der Waals surface area contributed by atoms with Gasteiger partial charge in [-0.2, -0.15) is 0 Å². The van der Waals surface area contributed by atoms with Crippen LogP contribution in [0, 0.1) is 0 Å². The molecule has 0 saturated heterocycles. The summed E-state index contributed by atoms with van der Waals surface area (Å²) < 4.78 is 10.6. The van der Waals surface area contributed by atoms with E-state index >= 15 is 0 Å². The van der Waals surface area contributed by atoms with Crippen molar-refractivity contribution in [3.8, 4) is 11.5 Å². The van der Waals surface area contributed by atoms with Crippen LogP contribution in [-0.4, -0.2) is 30.5 Å². The fraction of sp³-hybridized carbons (Fsp3) is 0.188. The van der Waals surface area contributed by atoms with Gasteiger partial charge >= 0.3 is 0 Å². The predicted molar refractivity (Wildman–Crippen MR) is 88.3 cm³/mol. The van der Waals surface area contributed by atoms with Crippen LogP contribution in [0.4, 0.5) is 0 Å². The number of aromatic nitrogens is 1. The second-order valence-electron chi connectivity index (χ2n) is 4.58. The number of carbonyl (C=O) groups is 2. The van der Waals surface area contributed by atoms with E-state index in [9.17, 15) is 9.59 Å². The molecule has 2 amide bonds. The number of ether oxygens (including phenoxy) is 2. The first-order chi connectivity index (χ1) is 11.5. The summed E-state index contributed by atoms with van der Waals surface area (Å²) in [6.07, 6.45) is 1.31. The standard InChI is InChI=1S/C16H16ClN3O4/c1-3-24-12-6-4-10(8-13(12)23-2)15(21)19-20-16(22)11-5-7-14(17)18-9-11/h4-9H,3H2,1-2H3,(H,19,21)(H,20,22). The maximum Gasteiger partial charge on any atom is 0.271 e. The van der Waals surface area contributed by atoms with Crippen molar-refractivity contribution in [3.05, 3.63) is 52.8 Å². The molecule has 0 spiro atoms. The zero-order valence-corrected chi connectivity index (χ0v) is 13.9. The van der Waals surface area contributed by atoms with E-state index in [-0.39, 0.29) is 10.7 Å². The molecule has 8 heteroatoms. The Bertz CT molecular complexity index is 735. The maximum absolute atomic E-state index is 12.1. The van der Waals surface area contributed by atoms with Crippen molar-refractivity contribution in [2.45, 2.75) is 6.92 Å². The Morgan fingerprint density at radius 2 is 1.75 bits per heavy atom. The van der Waals surface area contributed by atoms with E-state index in [1.807, 2.05) is 6.92 Å². The van der Waals surface area contributed by atoms with Crippen LogP contribution in [0.5, 0.6) is 11.5 Å². The number of nitrogens with one attached hydrogen (secondary N) is 2. The fourth-order valence-electron chi connectivity index (χ4n) is 1.85. The summed E-state index contributed by atoms with van der Waals surface area (Å²) in [5.74, 6) is -0.0393. The third-order valence-corrected chi connectivity index (χ3v) is 3.23. The van der Waals surface area contributed by atoms with Crippen molar-refractivity contribution in [2.75, 3.05) is 13.7 Å². The number of benzene rings is 1.